The van der Waals surface area contributed by atoms with Crippen molar-refractivity contribution in [1.29, 1.82) is 0 Å². The van der Waals surface area contributed by atoms with Crippen LogP contribution in [0.2, 0.25) is 0 Å². The third-order valence-electron chi connectivity index (χ3n) is 1.60. The fraction of sp³-hybridized carbons (Fsp3) is 0. The predicted octanol–water partition coefficient (Wildman–Crippen LogP) is -7.80. The fourth-order valence-electron chi connectivity index (χ4n) is 1.08. The van der Waals surface area contributed by atoms with Crippen molar-refractivity contribution >= 4 is 10.9 Å². The number of rotatable bonds is 0. The van der Waals surface area contributed by atoms with Crippen LogP contribution in [0, 0.1) is 0 Å². The van der Waals surface area contributed by atoms with E-state index in [2.05, 4.69) is 4.98 Å². The van der Waals surface area contributed by atoms with Gasteiger partial charge in [0.25, 0.3) is 0 Å². The number of fused-ring (bicyclic) bond motifs is 1. The first kappa shape index (κ1) is 21.1. The van der Waals surface area contributed by atoms with Crippen molar-refractivity contribution in [2.45, 2.75) is 0 Å². The Hall–Kier alpha value is -0.212. The average molecular weight is 362 g/mol. The van der Waals surface area contributed by atoms with E-state index in [9.17, 15) is 5.11 Å². The molecule has 1 heterocycles. The van der Waals surface area contributed by atoms with Gasteiger partial charge in [0.05, 0.1) is 5.52 Å². The number of benzene rings is 1. The van der Waals surface area contributed by atoms with Crippen molar-refractivity contribution in [3.8, 4) is 5.75 Å². The molecule has 86 valence electrons. The molecule has 0 unspecified atom stereocenters. The van der Waals surface area contributed by atoms with Gasteiger partial charge in [0, 0.05) is 6.20 Å². The summed E-state index contributed by atoms with van der Waals surface area (Å²) in [7, 11) is 0. The van der Waals surface area contributed by atoms with Crippen LogP contribution < -0.4 is 42.3 Å². The Morgan fingerprint density at radius 3 is 2.12 bits per heavy atom. The van der Waals surface area contributed by atoms with Crippen molar-refractivity contribution in [1.82, 2.24) is 4.98 Å². The summed E-state index contributed by atoms with van der Waals surface area (Å²) in [5.41, 5.74) is 0.551. The Kier molecular flexibility index (Phi) is 14.9. The molecular weight excluding hydrogens is 356 g/mol. The normalized spacial score (nSPS) is 7.38. The molecule has 0 bridgehead atoms. The number of halogens is 3. The van der Waals surface area contributed by atoms with Crippen LogP contribution in [0.15, 0.2) is 36.5 Å². The van der Waals surface area contributed by atoms with E-state index in [1.807, 2.05) is 18.2 Å². The van der Waals surface area contributed by atoms with E-state index in [4.69, 9.17) is 3.40 Å². The van der Waals surface area contributed by atoms with Crippen molar-refractivity contribution in [2.24, 2.45) is 0 Å². The SMILES string of the molecule is [Cl-].[Cl-].[Cl-].[O-]c1cccc2cccnc12.[O]=[Mo+4]. The van der Waals surface area contributed by atoms with Gasteiger partial charge in [0.15, 0.2) is 0 Å². The second kappa shape index (κ2) is 11.3. The summed E-state index contributed by atoms with van der Waals surface area (Å²) < 4.78 is 8.26. The van der Waals surface area contributed by atoms with Crippen LogP contribution in [0.5, 0.6) is 5.75 Å². The Labute approximate surface area is 123 Å². The zero-order valence-corrected chi connectivity index (χ0v) is 12.0. The van der Waals surface area contributed by atoms with Crippen LogP contribution in [0.4, 0.5) is 0 Å². The van der Waals surface area contributed by atoms with Crippen molar-refractivity contribution in [3.63, 3.8) is 0 Å². The first-order chi connectivity index (χ1) is 6.38. The summed E-state index contributed by atoms with van der Waals surface area (Å²) in [6.45, 7) is 0. The number of hydrogen-bond donors (Lipinski definition) is 0. The molecule has 0 aliphatic rings. The van der Waals surface area contributed by atoms with E-state index in [0.29, 0.717) is 25.3 Å². The van der Waals surface area contributed by atoms with Crippen molar-refractivity contribution in [2.75, 3.05) is 0 Å². The monoisotopic (exact) mass is 363 g/mol. The third kappa shape index (κ3) is 5.22. The van der Waals surface area contributed by atoms with Crippen LogP contribution in [-0.2, 0) is 23.2 Å². The van der Waals surface area contributed by atoms with E-state index in [1.54, 1.807) is 12.3 Å². The van der Waals surface area contributed by atoms with Gasteiger partial charge in [-0.15, -0.1) is 0 Å². The topological polar surface area (TPSA) is 53.0 Å². The van der Waals surface area contributed by atoms with Gasteiger partial charge < -0.3 is 42.3 Å². The molecule has 3 nitrogen and oxygen atoms in total. The zero-order valence-electron chi connectivity index (χ0n) is 7.77. The van der Waals surface area contributed by atoms with Gasteiger partial charge in [-0.2, -0.15) is 0 Å². The molecule has 7 heteroatoms. The molecule has 0 aliphatic heterocycles. The third-order valence-corrected chi connectivity index (χ3v) is 1.60. The van der Waals surface area contributed by atoms with Gasteiger partial charge in [-0.1, -0.05) is 30.0 Å². The van der Waals surface area contributed by atoms with Gasteiger partial charge in [-0.25, -0.2) is 0 Å². The first-order valence-electron chi connectivity index (χ1n) is 3.55. The molecule has 0 aliphatic carbocycles. The fourth-order valence-corrected chi connectivity index (χ4v) is 1.08. The number of nitrogens with zero attached hydrogens (tertiary/aromatic N) is 1. The molecule has 0 saturated heterocycles. The Balaban J connectivity index is -0.000000321. The number of para-hydroxylation sites is 1. The molecule has 2 rings (SSSR count). The molecule has 0 radical (unpaired) electrons. The predicted molar refractivity (Wildman–Crippen MR) is 41.9 cm³/mol. The minimum atomic E-state index is -0.0110. The molecule has 0 saturated carbocycles. The summed E-state index contributed by atoms with van der Waals surface area (Å²) in [6.07, 6.45) is 1.63. The first-order valence-corrected chi connectivity index (χ1v) is 4.37. The van der Waals surface area contributed by atoms with Gasteiger partial charge in [-0.05, 0) is 11.5 Å². The van der Waals surface area contributed by atoms with E-state index >= 15 is 0 Å². The van der Waals surface area contributed by atoms with Crippen LogP contribution in [0.25, 0.3) is 10.9 Å². The summed E-state index contributed by atoms with van der Waals surface area (Å²) in [4.78, 5) is 3.97. The summed E-state index contributed by atoms with van der Waals surface area (Å²) in [5.74, 6) is -0.0110. The van der Waals surface area contributed by atoms with Crippen molar-refractivity contribution < 1.29 is 65.5 Å². The van der Waals surface area contributed by atoms with Crippen LogP contribution >= 0.6 is 0 Å². The molecule has 1 aromatic carbocycles. The minimum absolute atomic E-state index is 0. The van der Waals surface area contributed by atoms with Gasteiger partial charge >= 0.3 is 23.2 Å². The molecule has 16 heavy (non-hydrogen) atoms. The van der Waals surface area contributed by atoms with E-state index in [1.165, 1.54) is 6.07 Å². The van der Waals surface area contributed by atoms with E-state index in [-0.39, 0.29) is 43.0 Å². The van der Waals surface area contributed by atoms with Gasteiger partial charge in [0.2, 0.25) is 0 Å². The standard InChI is InChI=1S/C9H7NO.3ClH.Mo.O/c11-8-5-1-3-7-4-2-6-10-9(7)8;;;;;/h1-6,11H;3*1H;;/q;;;;+4;/p-4. The molecule has 0 amide bonds. The number of pyridine rings is 1. The maximum absolute atomic E-state index is 11.1. The van der Waals surface area contributed by atoms with Crippen LogP contribution in [-0.4, -0.2) is 4.98 Å². The number of aromatic nitrogens is 1. The molecule has 2 aromatic rings. The summed E-state index contributed by atoms with van der Waals surface area (Å²) in [5, 5.41) is 12.0. The number of hydrogen-bond acceptors (Lipinski definition) is 3. The van der Waals surface area contributed by atoms with E-state index in [0.717, 1.165) is 5.39 Å². The summed E-state index contributed by atoms with van der Waals surface area (Å²) in [6, 6.07) is 8.84. The molecule has 0 atom stereocenters. The Morgan fingerprint density at radius 1 is 1.00 bits per heavy atom. The second-order valence-electron chi connectivity index (χ2n) is 2.33. The summed E-state index contributed by atoms with van der Waals surface area (Å²) >= 11 is 0.700. The maximum atomic E-state index is 11.1. The molecule has 0 spiro atoms. The van der Waals surface area contributed by atoms with Crippen LogP contribution in [0.1, 0.15) is 0 Å². The van der Waals surface area contributed by atoms with Crippen LogP contribution in [0.3, 0.4) is 0 Å². The molecule has 1 aromatic heterocycles. The molecular formula is C9H6Cl3MoNO2. The molecule has 0 N–H and O–H groups in total. The zero-order chi connectivity index (χ0) is 9.68. The van der Waals surface area contributed by atoms with Gasteiger partial charge in [0.1, 0.15) is 0 Å². The van der Waals surface area contributed by atoms with E-state index < -0.39 is 0 Å². The Morgan fingerprint density at radius 2 is 1.56 bits per heavy atom. The quantitative estimate of drug-likeness (QED) is 0.438. The second-order valence-corrected chi connectivity index (χ2v) is 2.33. The van der Waals surface area contributed by atoms with Crippen molar-refractivity contribution in [3.05, 3.63) is 36.5 Å². The average Bonchev–Trinajstić information content (AvgIpc) is 2.22. The molecule has 0 fully saturated rings. The van der Waals surface area contributed by atoms with Gasteiger partial charge in [-0.3, -0.25) is 4.98 Å². The Bertz CT molecular complexity index is 411.